The molecule has 5 nitrogen and oxygen atoms in total. The minimum atomic E-state index is -3.08. The van der Waals surface area contributed by atoms with Gasteiger partial charge in [-0.15, -0.1) is 0 Å². The Morgan fingerprint density at radius 3 is 2.40 bits per heavy atom. The number of phenols is 2. The van der Waals surface area contributed by atoms with Gasteiger partial charge in [0.1, 0.15) is 17.2 Å². The number of hydrogen-bond donors (Lipinski definition) is 3. The van der Waals surface area contributed by atoms with E-state index in [4.69, 9.17) is 0 Å². The van der Waals surface area contributed by atoms with Crippen LogP contribution in [0.4, 0.5) is 0 Å². The summed E-state index contributed by atoms with van der Waals surface area (Å²) < 4.78 is 25.7. The monoisotopic (exact) mass is 290 g/mol. The maximum atomic E-state index is 10.6. The first-order valence-electron chi connectivity index (χ1n) is 5.76. The van der Waals surface area contributed by atoms with Crippen LogP contribution in [0.5, 0.6) is 17.2 Å². The van der Waals surface area contributed by atoms with Crippen molar-refractivity contribution in [1.29, 1.82) is 0 Å². The highest BCUT2D eigenvalue weighted by atomic mass is 32.2. The Kier molecular flexibility index (Phi) is 2.87. The third-order valence-electron chi connectivity index (χ3n) is 3.08. The maximum Gasteiger partial charge on any atom is 0.299 e. The fourth-order valence-corrected chi connectivity index (χ4v) is 2.52. The van der Waals surface area contributed by atoms with Crippen molar-refractivity contribution in [1.82, 2.24) is 0 Å². The van der Waals surface area contributed by atoms with E-state index >= 15 is 0 Å². The maximum absolute atomic E-state index is 10.6. The van der Waals surface area contributed by atoms with Crippen molar-refractivity contribution in [3.05, 3.63) is 42.5 Å². The lowest BCUT2D eigenvalue weighted by atomic mass is 10.0. The van der Waals surface area contributed by atoms with Gasteiger partial charge in [-0.3, -0.25) is 0 Å². The molecule has 0 aromatic heterocycles. The van der Waals surface area contributed by atoms with Crippen LogP contribution in [-0.4, -0.2) is 18.6 Å². The summed E-state index contributed by atoms with van der Waals surface area (Å²) >= 11 is 0. The molecule has 0 unspecified atom stereocenters. The van der Waals surface area contributed by atoms with E-state index in [0.717, 1.165) is 5.39 Å². The second kappa shape index (κ2) is 4.57. The number of aromatic hydroxyl groups is 2. The Bertz CT molecular complexity index is 891. The van der Waals surface area contributed by atoms with Crippen molar-refractivity contribution in [2.45, 2.75) is 0 Å². The zero-order valence-electron chi connectivity index (χ0n) is 10.1. The van der Waals surface area contributed by atoms with Crippen LogP contribution in [0, 0.1) is 0 Å². The van der Waals surface area contributed by atoms with Gasteiger partial charge in [0, 0.05) is 22.2 Å². The molecule has 0 saturated carbocycles. The predicted octanol–water partition coefficient (Wildman–Crippen LogP) is 2.31. The van der Waals surface area contributed by atoms with E-state index in [0.29, 0.717) is 16.2 Å². The normalized spacial score (nSPS) is 11.2. The number of thiol groups is 1. The highest BCUT2D eigenvalue weighted by Gasteiger charge is 2.11. The molecule has 0 aliphatic carbocycles. The van der Waals surface area contributed by atoms with Gasteiger partial charge < -0.3 is 14.4 Å². The molecule has 6 heteroatoms. The smallest absolute Gasteiger partial charge is 0.299 e. The summed E-state index contributed by atoms with van der Waals surface area (Å²) in [5.41, 5.74) is 0. The Balaban J connectivity index is 2.40. The first-order chi connectivity index (χ1) is 9.56. The quantitative estimate of drug-likeness (QED) is 0.498. The van der Waals surface area contributed by atoms with Crippen LogP contribution < -0.4 is 4.18 Å². The van der Waals surface area contributed by atoms with Gasteiger partial charge in [0.25, 0.3) is 11.0 Å². The molecule has 3 rings (SSSR count). The van der Waals surface area contributed by atoms with E-state index in [1.807, 2.05) is 12.1 Å². The number of benzene rings is 3. The van der Waals surface area contributed by atoms with Gasteiger partial charge in [0.15, 0.2) is 0 Å². The van der Waals surface area contributed by atoms with E-state index in [1.54, 1.807) is 18.2 Å². The van der Waals surface area contributed by atoms with Crippen LogP contribution in [0.25, 0.3) is 21.5 Å². The van der Waals surface area contributed by atoms with Crippen LogP contribution in [0.15, 0.2) is 42.5 Å². The lowest BCUT2D eigenvalue weighted by molar-refractivity contribution is 0.471. The molecule has 3 aromatic carbocycles. The Labute approximate surface area is 115 Å². The van der Waals surface area contributed by atoms with Gasteiger partial charge in [-0.25, -0.2) is 0 Å². The molecule has 0 aliphatic heterocycles. The average molecular weight is 290 g/mol. The summed E-state index contributed by atoms with van der Waals surface area (Å²) in [6.45, 7) is 0. The molecule has 0 radical (unpaired) electrons. The van der Waals surface area contributed by atoms with Crippen molar-refractivity contribution in [2.24, 2.45) is 0 Å². The largest absolute Gasteiger partial charge is 0.507 e. The molecule has 2 N–H and O–H groups in total. The van der Waals surface area contributed by atoms with Crippen molar-refractivity contribution >= 4 is 32.5 Å². The molecule has 3 aromatic rings. The van der Waals surface area contributed by atoms with Crippen LogP contribution in [-0.2, 0) is 11.0 Å². The third kappa shape index (κ3) is 2.00. The summed E-state index contributed by atoms with van der Waals surface area (Å²) in [5.74, 6) is -0.230. The van der Waals surface area contributed by atoms with Crippen LogP contribution in [0.3, 0.4) is 0 Å². The summed E-state index contributed by atoms with van der Waals surface area (Å²) in [5, 5.41) is 22.4. The van der Waals surface area contributed by atoms with Crippen molar-refractivity contribution < 1.29 is 22.8 Å². The first-order valence-corrected chi connectivity index (χ1v) is 6.85. The molecule has 0 atom stereocenters. The Hall–Kier alpha value is -2.47. The molecular weight excluding hydrogens is 280 g/mol. The molecule has 0 fully saturated rings. The SMILES string of the molecule is O=[SH](=O)Oc1cc(O)c2cc3ccccc3c(O)c2c1. The molecule has 102 valence electrons. The van der Waals surface area contributed by atoms with Gasteiger partial charge in [0.2, 0.25) is 0 Å². The lowest BCUT2D eigenvalue weighted by Crippen LogP contribution is -1.90. The van der Waals surface area contributed by atoms with Crippen molar-refractivity contribution in [3.8, 4) is 17.2 Å². The Morgan fingerprint density at radius 1 is 0.900 bits per heavy atom. The molecule has 0 amide bonds. The standard InChI is InChI=1S/C14H10O5S/c15-13-7-9(19-20(17)18)6-12-11(13)5-8-3-1-2-4-10(8)14(12)16/h1-7,15-16,20H. The summed E-state index contributed by atoms with van der Waals surface area (Å²) in [7, 11) is -3.08. The summed E-state index contributed by atoms with van der Waals surface area (Å²) in [6, 6.07) is 11.5. The second-order valence-corrected chi connectivity index (χ2v) is 4.93. The predicted molar refractivity (Wildman–Crippen MR) is 75.7 cm³/mol. The van der Waals surface area contributed by atoms with E-state index < -0.39 is 11.0 Å². The van der Waals surface area contributed by atoms with Gasteiger partial charge in [-0.05, 0) is 17.5 Å². The van der Waals surface area contributed by atoms with Gasteiger partial charge in [-0.1, -0.05) is 24.3 Å². The average Bonchev–Trinajstić information content (AvgIpc) is 2.40. The number of rotatable bonds is 2. The van der Waals surface area contributed by atoms with Crippen LogP contribution >= 0.6 is 0 Å². The second-order valence-electron chi connectivity index (χ2n) is 4.30. The molecule has 0 bridgehead atoms. The van der Waals surface area contributed by atoms with E-state index in [2.05, 4.69) is 4.18 Å². The topological polar surface area (TPSA) is 83.8 Å². The minimum Gasteiger partial charge on any atom is -0.507 e. The fraction of sp³-hybridized carbons (Fsp3) is 0. The molecule has 0 spiro atoms. The molecule has 0 aliphatic rings. The van der Waals surface area contributed by atoms with Crippen molar-refractivity contribution in [2.75, 3.05) is 0 Å². The molecular formula is C14H10O5S. The third-order valence-corrected chi connectivity index (χ3v) is 3.44. The summed E-state index contributed by atoms with van der Waals surface area (Å²) in [6.07, 6.45) is 0. The van der Waals surface area contributed by atoms with Gasteiger partial charge in [0.05, 0.1) is 0 Å². The minimum absolute atomic E-state index is 0.0278. The zero-order valence-corrected chi connectivity index (χ0v) is 11.0. The van der Waals surface area contributed by atoms with Gasteiger partial charge in [-0.2, -0.15) is 8.42 Å². The van der Waals surface area contributed by atoms with Crippen LogP contribution in [0.1, 0.15) is 0 Å². The number of hydrogen-bond acceptors (Lipinski definition) is 5. The van der Waals surface area contributed by atoms with E-state index in [1.165, 1.54) is 12.1 Å². The molecule has 0 heterocycles. The molecule has 0 saturated heterocycles. The lowest BCUT2D eigenvalue weighted by Gasteiger charge is -2.09. The highest BCUT2D eigenvalue weighted by Crippen LogP contribution is 2.40. The highest BCUT2D eigenvalue weighted by molar-refractivity contribution is 7.67. The zero-order chi connectivity index (χ0) is 14.3. The molecule has 20 heavy (non-hydrogen) atoms. The summed E-state index contributed by atoms with van der Waals surface area (Å²) in [4.78, 5) is 0. The van der Waals surface area contributed by atoms with Crippen molar-refractivity contribution in [3.63, 3.8) is 0 Å². The fourth-order valence-electron chi connectivity index (χ4n) is 2.24. The van der Waals surface area contributed by atoms with Gasteiger partial charge >= 0.3 is 0 Å². The Morgan fingerprint density at radius 2 is 1.65 bits per heavy atom. The van der Waals surface area contributed by atoms with E-state index in [-0.39, 0.29) is 17.2 Å². The number of phenolic OH excluding ortho intramolecular Hbond substituents is 2. The number of fused-ring (bicyclic) bond motifs is 2. The van der Waals surface area contributed by atoms with Crippen LogP contribution in [0.2, 0.25) is 0 Å². The first kappa shape index (κ1) is 12.6. The van der Waals surface area contributed by atoms with E-state index in [9.17, 15) is 18.6 Å².